The summed E-state index contributed by atoms with van der Waals surface area (Å²) >= 11 is 0. The number of aryl methyl sites for hydroxylation is 1. The fraction of sp³-hybridized carbons (Fsp3) is 0.692. The first-order chi connectivity index (χ1) is 7.03. The van der Waals surface area contributed by atoms with Crippen molar-refractivity contribution >= 4 is 0 Å². The van der Waals surface area contributed by atoms with Gasteiger partial charge in [0.2, 0.25) is 0 Å². The molecule has 0 spiro atoms. The molecule has 0 aromatic carbocycles. The molecule has 1 aromatic heterocycles. The molecule has 1 heterocycles. The number of hydrogen-bond donors (Lipinski definition) is 0. The fourth-order valence-corrected chi connectivity index (χ4v) is 1.51. The quantitative estimate of drug-likeness (QED) is 0.675. The highest BCUT2D eigenvalue weighted by Crippen LogP contribution is 2.24. The maximum Gasteiger partial charge on any atom is 0.270 e. The zero-order valence-electron chi connectivity index (χ0n) is 11.4. The molecule has 0 unspecified atom stereocenters. The van der Waals surface area contributed by atoms with E-state index in [0.29, 0.717) is 0 Å². The molecule has 0 amide bonds. The molecule has 0 aliphatic carbocycles. The third kappa shape index (κ3) is 2.52. The average molecular weight is 222 g/mol. The lowest BCUT2D eigenvalue weighted by Crippen LogP contribution is -2.33. The van der Waals surface area contributed by atoms with E-state index in [1.54, 1.807) is 7.05 Å². The summed E-state index contributed by atoms with van der Waals surface area (Å²) in [5.41, 5.74) is 1.61. The number of nitrogens with zero attached hydrogens (tertiary/aromatic N) is 2. The van der Waals surface area contributed by atoms with Crippen molar-refractivity contribution in [2.24, 2.45) is 7.05 Å². The molecule has 0 N–H and O–H groups in total. The normalized spacial score (nSPS) is 12.9. The smallest absolute Gasteiger partial charge is 0.267 e. The van der Waals surface area contributed by atoms with E-state index in [0.717, 1.165) is 11.3 Å². The third-order valence-corrected chi connectivity index (χ3v) is 2.64. The van der Waals surface area contributed by atoms with Gasteiger partial charge in [0, 0.05) is 18.0 Å². The lowest BCUT2D eigenvalue weighted by atomic mass is 9.84. The highest BCUT2D eigenvalue weighted by Gasteiger charge is 2.24. The van der Waals surface area contributed by atoms with Gasteiger partial charge in [-0.05, 0) is 11.5 Å². The van der Waals surface area contributed by atoms with E-state index in [1.807, 2.05) is 6.07 Å². The third-order valence-electron chi connectivity index (χ3n) is 2.64. The molecule has 0 aliphatic heterocycles. The molecule has 0 saturated carbocycles. The number of rotatable bonds is 0. The van der Waals surface area contributed by atoms with E-state index in [1.165, 1.54) is 4.68 Å². The van der Waals surface area contributed by atoms with E-state index in [4.69, 9.17) is 0 Å². The standard InChI is InChI=1S/C13H22N2O/c1-12(2,3)9-8-10(13(4,5)6)14-15(7)11(9)16/h8H,1-7H3. The molecule has 16 heavy (non-hydrogen) atoms. The van der Waals surface area contributed by atoms with Gasteiger partial charge in [-0.1, -0.05) is 41.5 Å². The summed E-state index contributed by atoms with van der Waals surface area (Å²) in [4.78, 5) is 12.0. The van der Waals surface area contributed by atoms with Gasteiger partial charge in [-0.2, -0.15) is 5.10 Å². The Morgan fingerprint density at radius 2 is 1.56 bits per heavy atom. The van der Waals surface area contributed by atoms with Gasteiger partial charge in [-0.25, -0.2) is 4.68 Å². The van der Waals surface area contributed by atoms with Crippen LogP contribution in [0.15, 0.2) is 10.9 Å². The second-order valence-electron chi connectivity index (χ2n) is 6.37. The van der Waals surface area contributed by atoms with Crippen LogP contribution in [0.1, 0.15) is 52.8 Å². The lowest BCUT2D eigenvalue weighted by Gasteiger charge is -2.23. The van der Waals surface area contributed by atoms with Gasteiger partial charge < -0.3 is 0 Å². The minimum atomic E-state index is -0.141. The second kappa shape index (κ2) is 3.72. The van der Waals surface area contributed by atoms with Crippen LogP contribution in [0.3, 0.4) is 0 Å². The Balaban J connectivity index is 3.53. The molecule has 0 atom stereocenters. The van der Waals surface area contributed by atoms with Crippen molar-refractivity contribution in [1.29, 1.82) is 0 Å². The summed E-state index contributed by atoms with van der Waals surface area (Å²) in [5, 5.41) is 4.32. The molecule has 0 radical (unpaired) electrons. The number of aromatic nitrogens is 2. The van der Waals surface area contributed by atoms with Crippen molar-refractivity contribution in [3.05, 3.63) is 27.7 Å². The molecule has 1 aromatic rings. The van der Waals surface area contributed by atoms with Gasteiger partial charge in [0.15, 0.2) is 0 Å². The van der Waals surface area contributed by atoms with Crippen LogP contribution in [0.25, 0.3) is 0 Å². The largest absolute Gasteiger partial charge is 0.270 e. The molecular weight excluding hydrogens is 200 g/mol. The fourth-order valence-electron chi connectivity index (χ4n) is 1.51. The molecule has 3 heteroatoms. The predicted molar refractivity (Wildman–Crippen MR) is 66.9 cm³/mol. The summed E-state index contributed by atoms with van der Waals surface area (Å²) in [6.45, 7) is 12.5. The second-order valence-corrected chi connectivity index (χ2v) is 6.37. The molecule has 90 valence electrons. The van der Waals surface area contributed by atoms with E-state index in [9.17, 15) is 4.79 Å². The Bertz CT molecular complexity index is 444. The van der Waals surface area contributed by atoms with Crippen LogP contribution < -0.4 is 5.56 Å². The first kappa shape index (κ1) is 12.9. The van der Waals surface area contributed by atoms with Crippen LogP contribution in [0, 0.1) is 0 Å². The van der Waals surface area contributed by atoms with Gasteiger partial charge in [0.05, 0.1) is 5.69 Å². The molecule has 0 bridgehead atoms. The van der Waals surface area contributed by atoms with Crippen LogP contribution in [0.2, 0.25) is 0 Å². The van der Waals surface area contributed by atoms with Gasteiger partial charge in [-0.15, -0.1) is 0 Å². The number of hydrogen-bond acceptors (Lipinski definition) is 2. The first-order valence-electron chi connectivity index (χ1n) is 5.63. The van der Waals surface area contributed by atoms with Gasteiger partial charge in [-0.3, -0.25) is 4.79 Å². The maximum atomic E-state index is 12.0. The summed E-state index contributed by atoms with van der Waals surface area (Å²) in [7, 11) is 1.72. The molecular formula is C13H22N2O. The Morgan fingerprint density at radius 1 is 1.06 bits per heavy atom. The van der Waals surface area contributed by atoms with Crippen molar-refractivity contribution < 1.29 is 0 Å². The van der Waals surface area contributed by atoms with E-state index in [-0.39, 0.29) is 16.4 Å². The first-order valence-corrected chi connectivity index (χ1v) is 5.63. The Labute approximate surface area is 97.5 Å². The van der Waals surface area contributed by atoms with Crippen molar-refractivity contribution in [1.82, 2.24) is 9.78 Å². The highest BCUT2D eigenvalue weighted by molar-refractivity contribution is 5.24. The topological polar surface area (TPSA) is 34.9 Å². The molecule has 1 rings (SSSR count). The van der Waals surface area contributed by atoms with E-state index >= 15 is 0 Å². The Kier molecular flexibility index (Phi) is 3.01. The average Bonchev–Trinajstić information content (AvgIpc) is 2.05. The van der Waals surface area contributed by atoms with Gasteiger partial charge in [0.25, 0.3) is 5.56 Å². The van der Waals surface area contributed by atoms with Gasteiger partial charge in [0.1, 0.15) is 0 Å². The van der Waals surface area contributed by atoms with Crippen molar-refractivity contribution in [2.45, 2.75) is 52.4 Å². The van der Waals surface area contributed by atoms with Gasteiger partial charge >= 0.3 is 0 Å². The minimum absolute atomic E-state index is 0.000463. The Hall–Kier alpha value is -1.12. The van der Waals surface area contributed by atoms with E-state index in [2.05, 4.69) is 46.6 Å². The zero-order chi connectivity index (χ0) is 12.7. The van der Waals surface area contributed by atoms with Crippen LogP contribution in [-0.4, -0.2) is 9.78 Å². The van der Waals surface area contributed by atoms with Crippen LogP contribution in [0.5, 0.6) is 0 Å². The van der Waals surface area contributed by atoms with Crippen molar-refractivity contribution in [3.63, 3.8) is 0 Å². The lowest BCUT2D eigenvalue weighted by molar-refractivity contribution is 0.505. The van der Waals surface area contributed by atoms with Crippen LogP contribution in [0.4, 0.5) is 0 Å². The SMILES string of the molecule is Cn1nc(C(C)(C)C)cc(C(C)(C)C)c1=O. The molecule has 3 nitrogen and oxygen atoms in total. The monoisotopic (exact) mass is 222 g/mol. The summed E-state index contributed by atoms with van der Waals surface area (Å²) in [6.07, 6.45) is 0. The van der Waals surface area contributed by atoms with Crippen molar-refractivity contribution in [3.8, 4) is 0 Å². The zero-order valence-corrected chi connectivity index (χ0v) is 11.4. The molecule has 0 fully saturated rings. The molecule has 0 aliphatic rings. The van der Waals surface area contributed by atoms with E-state index < -0.39 is 0 Å². The summed E-state index contributed by atoms with van der Waals surface area (Å²) < 4.78 is 1.45. The molecule has 0 saturated heterocycles. The van der Waals surface area contributed by atoms with Crippen molar-refractivity contribution in [2.75, 3.05) is 0 Å². The predicted octanol–water partition coefficient (Wildman–Crippen LogP) is 2.38. The highest BCUT2D eigenvalue weighted by atomic mass is 16.1. The Morgan fingerprint density at radius 3 is 1.94 bits per heavy atom. The summed E-state index contributed by atoms with van der Waals surface area (Å²) in [5.74, 6) is 0. The van der Waals surface area contributed by atoms with Crippen LogP contribution >= 0.6 is 0 Å². The maximum absolute atomic E-state index is 12.0. The van der Waals surface area contributed by atoms with Crippen LogP contribution in [-0.2, 0) is 17.9 Å². The minimum Gasteiger partial charge on any atom is -0.267 e. The summed E-state index contributed by atoms with van der Waals surface area (Å²) in [6, 6.07) is 1.95.